The lowest BCUT2D eigenvalue weighted by Crippen LogP contribution is -2.36. The minimum Gasteiger partial charge on any atom is -0.346 e. The van der Waals surface area contributed by atoms with Gasteiger partial charge in [-0.15, -0.1) is 22.9 Å². The number of carbonyl (C=O) groups is 1. The lowest BCUT2D eigenvalue weighted by Gasteiger charge is -2.25. The Bertz CT molecular complexity index is 478. The first-order chi connectivity index (χ1) is 9.19. The van der Waals surface area contributed by atoms with E-state index >= 15 is 0 Å². The van der Waals surface area contributed by atoms with Crippen LogP contribution in [0.5, 0.6) is 0 Å². The Balaban J connectivity index is 1.75. The van der Waals surface area contributed by atoms with Crippen molar-refractivity contribution < 1.29 is 4.79 Å². The van der Waals surface area contributed by atoms with Crippen LogP contribution >= 0.6 is 22.9 Å². The first kappa shape index (κ1) is 13.3. The molecule has 1 aromatic heterocycles. The highest BCUT2D eigenvalue weighted by Crippen LogP contribution is 2.31. The zero-order valence-electron chi connectivity index (χ0n) is 11.0. The fourth-order valence-electron chi connectivity index (χ4n) is 3.09. The topological polar surface area (TPSA) is 36.4 Å². The van der Waals surface area contributed by atoms with E-state index in [-0.39, 0.29) is 11.7 Å². The Labute approximate surface area is 122 Å². The number of fused-ring (bicyclic) bond motifs is 2. The number of Topliss-reactive ketones (excluding diaryl/α,β-unsaturated/α-hetero) is 1. The van der Waals surface area contributed by atoms with E-state index in [9.17, 15) is 4.79 Å². The highest BCUT2D eigenvalue weighted by Gasteiger charge is 2.35. The largest absolute Gasteiger partial charge is 0.346 e. The molecule has 1 aromatic rings. The van der Waals surface area contributed by atoms with Crippen molar-refractivity contribution in [3.8, 4) is 0 Å². The van der Waals surface area contributed by atoms with E-state index in [0.717, 1.165) is 24.3 Å². The van der Waals surface area contributed by atoms with Crippen LogP contribution in [0.2, 0.25) is 0 Å². The van der Waals surface area contributed by atoms with Crippen molar-refractivity contribution in [2.75, 3.05) is 30.9 Å². The van der Waals surface area contributed by atoms with Crippen molar-refractivity contribution in [3.63, 3.8) is 0 Å². The molecule has 19 heavy (non-hydrogen) atoms. The predicted octanol–water partition coefficient (Wildman–Crippen LogP) is 2.24. The van der Waals surface area contributed by atoms with Crippen LogP contribution in [-0.2, 0) is 0 Å². The summed E-state index contributed by atoms with van der Waals surface area (Å²) in [5, 5.41) is 2.79. The molecule has 0 radical (unpaired) electrons. The smallest absolute Gasteiger partial charge is 0.196 e. The van der Waals surface area contributed by atoms with Gasteiger partial charge < -0.3 is 4.90 Å². The minimum atomic E-state index is -0.0855. The van der Waals surface area contributed by atoms with Crippen LogP contribution in [0.15, 0.2) is 5.38 Å². The van der Waals surface area contributed by atoms with E-state index in [1.54, 1.807) is 11.3 Å². The number of nitrogens with zero attached hydrogens (tertiary/aromatic N) is 3. The lowest BCUT2D eigenvalue weighted by molar-refractivity contribution is 0.101. The van der Waals surface area contributed by atoms with Crippen molar-refractivity contribution in [3.05, 3.63) is 11.1 Å². The van der Waals surface area contributed by atoms with Gasteiger partial charge in [0.15, 0.2) is 10.9 Å². The molecular weight excluding hydrogens is 282 g/mol. The molecule has 2 fully saturated rings. The highest BCUT2D eigenvalue weighted by molar-refractivity contribution is 7.14. The van der Waals surface area contributed by atoms with Crippen LogP contribution in [-0.4, -0.2) is 53.8 Å². The van der Waals surface area contributed by atoms with Crippen molar-refractivity contribution in [1.29, 1.82) is 0 Å². The normalized spacial score (nSPS) is 27.6. The Morgan fingerprint density at radius 1 is 1.47 bits per heavy atom. The van der Waals surface area contributed by atoms with Gasteiger partial charge in [0.05, 0.1) is 5.88 Å². The Morgan fingerprint density at radius 2 is 2.26 bits per heavy atom. The second-order valence-electron chi connectivity index (χ2n) is 5.36. The Morgan fingerprint density at radius 3 is 3.05 bits per heavy atom. The molecule has 2 aliphatic rings. The van der Waals surface area contributed by atoms with Crippen LogP contribution in [0.1, 0.15) is 29.8 Å². The molecule has 0 aromatic carbocycles. The summed E-state index contributed by atoms with van der Waals surface area (Å²) in [4.78, 5) is 20.8. The summed E-state index contributed by atoms with van der Waals surface area (Å²) in [6, 6.07) is 1.35. The number of aromatic nitrogens is 1. The molecule has 0 aliphatic carbocycles. The Hall–Kier alpha value is -0.650. The summed E-state index contributed by atoms with van der Waals surface area (Å²) in [5.74, 6) is -0.0750. The average molecular weight is 300 g/mol. The van der Waals surface area contributed by atoms with Crippen molar-refractivity contribution in [2.45, 2.75) is 31.3 Å². The first-order valence-corrected chi connectivity index (χ1v) is 8.12. The molecular formula is C13H18ClN3OS. The number of thiazole rings is 1. The number of hydrogen-bond donors (Lipinski definition) is 0. The first-order valence-electron chi connectivity index (χ1n) is 6.70. The van der Waals surface area contributed by atoms with Crippen LogP contribution in [0, 0.1) is 0 Å². The summed E-state index contributed by atoms with van der Waals surface area (Å²) in [5.41, 5.74) is 0.512. The minimum absolute atomic E-state index is 0.0105. The number of ketones is 1. The van der Waals surface area contributed by atoms with Crippen molar-refractivity contribution in [1.82, 2.24) is 9.88 Å². The van der Waals surface area contributed by atoms with Gasteiger partial charge in [-0.3, -0.25) is 9.69 Å². The number of likely N-dealkylation sites (N-methyl/N-ethyl adjacent to an activating group) is 1. The van der Waals surface area contributed by atoms with E-state index in [1.807, 2.05) is 5.38 Å². The zero-order valence-corrected chi connectivity index (χ0v) is 12.6. The van der Waals surface area contributed by atoms with Gasteiger partial charge in [0.1, 0.15) is 5.69 Å². The lowest BCUT2D eigenvalue weighted by atomic mass is 10.1. The maximum atomic E-state index is 11.5. The van der Waals surface area contributed by atoms with Crippen LogP contribution < -0.4 is 4.90 Å². The highest BCUT2D eigenvalue weighted by atomic mass is 35.5. The quantitative estimate of drug-likeness (QED) is 0.633. The summed E-state index contributed by atoms with van der Waals surface area (Å²) < 4.78 is 0. The van der Waals surface area contributed by atoms with Gasteiger partial charge in [0.25, 0.3) is 0 Å². The molecule has 3 rings (SSSR count). The van der Waals surface area contributed by atoms with E-state index in [2.05, 4.69) is 21.8 Å². The fraction of sp³-hybridized carbons (Fsp3) is 0.692. The van der Waals surface area contributed by atoms with E-state index < -0.39 is 0 Å². The molecule has 0 N–H and O–H groups in total. The number of anilines is 1. The van der Waals surface area contributed by atoms with Crippen LogP contribution in [0.4, 0.5) is 5.13 Å². The van der Waals surface area contributed by atoms with E-state index in [4.69, 9.17) is 11.6 Å². The SMILES string of the molecule is CN1C2CCC1CN(c1nc(C(=O)CCl)cs1)CC2. The predicted molar refractivity (Wildman–Crippen MR) is 78.6 cm³/mol. The monoisotopic (exact) mass is 299 g/mol. The molecule has 0 amide bonds. The van der Waals surface area contributed by atoms with Crippen LogP contribution in [0.25, 0.3) is 0 Å². The molecule has 2 bridgehead atoms. The number of alkyl halides is 1. The maximum absolute atomic E-state index is 11.5. The second kappa shape index (κ2) is 5.38. The van der Waals surface area contributed by atoms with Gasteiger partial charge in [-0.1, -0.05) is 0 Å². The third-order valence-electron chi connectivity index (χ3n) is 4.32. The molecule has 4 nitrogen and oxygen atoms in total. The number of halogens is 1. The zero-order chi connectivity index (χ0) is 13.4. The molecule has 2 unspecified atom stereocenters. The number of hydrogen-bond acceptors (Lipinski definition) is 5. The third-order valence-corrected chi connectivity index (χ3v) is 5.46. The van der Waals surface area contributed by atoms with Gasteiger partial charge in [-0.05, 0) is 26.3 Å². The number of rotatable bonds is 3. The summed E-state index contributed by atoms with van der Waals surface area (Å²) in [7, 11) is 2.23. The van der Waals surface area contributed by atoms with E-state index in [1.165, 1.54) is 19.3 Å². The molecule has 0 spiro atoms. The van der Waals surface area contributed by atoms with E-state index in [0.29, 0.717) is 11.7 Å². The van der Waals surface area contributed by atoms with Gasteiger partial charge >= 0.3 is 0 Å². The van der Waals surface area contributed by atoms with Gasteiger partial charge in [-0.2, -0.15) is 0 Å². The molecule has 0 saturated carbocycles. The summed E-state index contributed by atoms with van der Waals surface area (Å²) in [6.45, 7) is 2.06. The molecule has 2 saturated heterocycles. The molecule has 104 valence electrons. The van der Waals surface area contributed by atoms with Crippen molar-refractivity contribution in [2.24, 2.45) is 0 Å². The number of carbonyl (C=O) groups excluding carboxylic acids is 1. The summed E-state index contributed by atoms with van der Waals surface area (Å²) >= 11 is 7.13. The standard InChI is InChI=1S/C13H18ClN3OS/c1-16-9-2-3-10(16)7-17(5-4-9)13-15-11(8-19-13)12(18)6-14/h8-10H,2-7H2,1H3. The third kappa shape index (κ3) is 2.51. The summed E-state index contributed by atoms with van der Waals surface area (Å²) in [6.07, 6.45) is 3.78. The molecule has 2 atom stereocenters. The van der Waals surface area contributed by atoms with Gasteiger partial charge in [0, 0.05) is 30.6 Å². The van der Waals surface area contributed by atoms with Gasteiger partial charge in [-0.25, -0.2) is 4.98 Å². The molecule has 2 aliphatic heterocycles. The van der Waals surface area contributed by atoms with Crippen LogP contribution in [0.3, 0.4) is 0 Å². The fourth-order valence-corrected chi connectivity index (χ4v) is 4.09. The maximum Gasteiger partial charge on any atom is 0.196 e. The average Bonchev–Trinajstić information content (AvgIpc) is 2.95. The molecule has 3 heterocycles. The molecule has 6 heteroatoms. The second-order valence-corrected chi connectivity index (χ2v) is 6.46. The van der Waals surface area contributed by atoms with Gasteiger partial charge in [0.2, 0.25) is 0 Å². The van der Waals surface area contributed by atoms with Crippen molar-refractivity contribution >= 4 is 33.9 Å². The Kier molecular flexibility index (Phi) is 3.78.